The molecule has 3 aromatic rings. The number of halogens is 2. The minimum Gasteiger partial charge on any atom is -0.482 e. The number of rotatable bonds is 6. The van der Waals surface area contributed by atoms with Gasteiger partial charge < -0.3 is 14.6 Å². The molecule has 0 saturated heterocycles. The van der Waals surface area contributed by atoms with Crippen molar-refractivity contribution in [3.8, 4) is 5.75 Å². The summed E-state index contributed by atoms with van der Waals surface area (Å²) in [5, 5.41) is 4.56. The van der Waals surface area contributed by atoms with E-state index < -0.39 is 0 Å². The standard InChI is InChI=1S/C18H15Cl2N3O2S/c1-23-9-8-21-18(23)26-14-5-3-13(4-6-14)22-17(24)11-25-16-10-12(19)2-7-15(16)20/h2-10H,11H2,1H3,(H,22,24). The molecular formula is C18H15Cl2N3O2S. The Morgan fingerprint density at radius 3 is 2.69 bits per heavy atom. The first-order valence-corrected chi connectivity index (χ1v) is 9.21. The van der Waals surface area contributed by atoms with Crippen LogP contribution in [0.25, 0.3) is 0 Å². The van der Waals surface area contributed by atoms with Gasteiger partial charge in [0.1, 0.15) is 5.75 Å². The van der Waals surface area contributed by atoms with E-state index in [1.54, 1.807) is 36.2 Å². The maximum absolute atomic E-state index is 12.0. The molecule has 8 heteroatoms. The Morgan fingerprint density at radius 2 is 2.00 bits per heavy atom. The van der Waals surface area contributed by atoms with E-state index in [2.05, 4.69) is 10.3 Å². The van der Waals surface area contributed by atoms with E-state index in [-0.39, 0.29) is 12.5 Å². The minimum absolute atomic E-state index is 0.163. The lowest BCUT2D eigenvalue weighted by atomic mass is 10.3. The van der Waals surface area contributed by atoms with E-state index in [9.17, 15) is 4.79 Å². The molecule has 2 aromatic carbocycles. The van der Waals surface area contributed by atoms with Crippen LogP contribution < -0.4 is 10.1 Å². The van der Waals surface area contributed by atoms with Gasteiger partial charge in [0.05, 0.1) is 5.02 Å². The first-order valence-electron chi connectivity index (χ1n) is 7.64. The van der Waals surface area contributed by atoms with Crippen molar-refractivity contribution in [2.24, 2.45) is 7.05 Å². The molecule has 0 aliphatic rings. The van der Waals surface area contributed by atoms with Crippen LogP contribution in [0.15, 0.2) is 64.9 Å². The largest absolute Gasteiger partial charge is 0.482 e. The lowest BCUT2D eigenvalue weighted by Crippen LogP contribution is -2.20. The van der Waals surface area contributed by atoms with E-state index in [4.69, 9.17) is 27.9 Å². The van der Waals surface area contributed by atoms with Crippen molar-refractivity contribution in [2.45, 2.75) is 10.1 Å². The molecule has 3 rings (SSSR count). The van der Waals surface area contributed by atoms with Crippen molar-refractivity contribution in [3.63, 3.8) is 0 Å². The average Bonchev–Trinajstić information content (AvgIpc) is 3.02. The van der Waals surface area contributed by atoms with E-state index in [1.807, 2.05) is 42.1 Å². The minimum atomic E-state index is -0.287. The number of hydrogen-bond donors (Lipinski definition) is 1. The highest BCUT2D eigenvalue weighted by Gasteiger charge is 2.08. The molecule has 0 bridgehead atoms. The van der Waals surface area contributed by atoms with Gasteiger partial charge in [-0.25, -0.2) is 4.98 Å². The van der Waals surface area contributed by atoms with Gasteiger partial charge in [0, 0.05) is 41.1 Å². The number of aromatic nitrogens is 2. The highest BCUT2D eigenvalue weighted by atomic mass is 35.5. The number of anilines is 1. The Kier molecular flexibility index (Phi) is 6.08. The van der Waals surface area contributed by atoms with Gasteiger partial charge >= 0.3 is 0 Å². The fourth-order valence-electron chi connectivity index (χ4n) is 2.09. The summed E-state index contributed by atoms with van der Waals surface area (Å²) in [7, 11) is 1.94. The molecular weight excluding hydrogens is 393 g/mol. The summed E-state index contributed by atoms with van der Waals surface area (Å²) in [6.45, 7) is -0.163. The lowest BCUT2D eigenvalue weighted by Gasteiger charge is -2.09. The second-order valence-electron chi connectivity index (χ2n) is 5.36. The monoisotopic (exact) mass is 407 g/mol. The highest BCUT2D eigenvalue weighted by molar-refractivity contribution is 7.99. The van der Waals surface area contributed by atoms with E-state index in [0.717, 1.165) is 10.1 Å². The van der Waals surface area contributed by atoms with Crippen LogP contribution in [0, 0.1) is 0 Å². The zero-order chi connectivity index (χ0) is 18.5. The van der Waals surface area contributed by atoms with Crippen molar-refractivity contribution in [2.75, 3.05) is 11.9 Å². The normalized spacial score (nSPS) is 10.6. The molecule has 1 N–H and O–H groups in total. The molecule has 0 spiro atoms. The van der Waals surface area contributed by atoms with Crippen LogP contribution in [-0.4, -0.2) is 22.1 Å². The van der Waals surface area contributed by atoms with Crippen molar-refractivity contribution < 1.29 is 9.53 Å². The summed E-state index contributed by atoms with van der Waals surface area (Å²) >= 11 is 13.4. The maximum Gasteiger partial charge on any atom is 0.262 e. The SMILES string of the molecule is Cn1ccnc1Sc1ccc(NC(=O)COc2cc(Cl)ccc2Cl)cc1. The third-order valence-corrected chi connectivity index (χ3v) is 5.01. The summed E-state index contributed by atoms with van der Waals surface area (Å²) in [5.41, 5.74) is 0.681. The van der Waals surface area contributed by atoms with Crippen molar-refractivity contribution in [1.82, 2.24) is 9.55 Å². The Balaban J connectivity index is 1.54. The smallest absolute Gasteiger partial charge is 0.262 e. The average molecular weight is 408 g/mol. The van der Waals surface area contributed by atoms with Crippen LogP contribution >= 0.6 is 35.0 Å². The van der Waals surface area contributed by atoms with Crippen molar-refractivity contribution in [1.29, 1.82) is 0 Å². The second-order valence-corrected chi connectivity index (χ2v) is 7.24. The van der Waals surface area contributed by atoms with Gasteiger partial charge in [0.15, 0.2) is 11.8 Å². The fourth-order valence-corrected chi connectivity index (χ4v) is 3.23. The molecule has 0 fully saturated rings. The number of carbonyl (C=O) groups excluding carboxylic acids is 1. The highest BCUT2D eigenvalue weighted by Crippen LogP contribution is 2.28. The number of ether oxygens (including phenoxy) is 1. The molecule has 0 atom stereocenters. The zero-order valence-corrected chi connectivity index (χ0v) is 16.1. The Bertz CT molecular complexity index is 913. The molecule has 1 aromatic heterocycles. The third kappa shape index (κ3) is 4.94. The molecule has 1 heterocycles. The first kappa shape index (κ1) is 18.6. The summed E-state index contributed by atoms with van der Waals surface area (Å²) < 4.78 is 7.36. The molecule has 0 unspecified atom stereocenters. The molecule has 0 aliphatic heterocycles. The number of carbonyl (C=O) groups is 1. The molecule has 0 aliphatic carbocycles. The van der Waals surface area contributed by atoms with Gasteiger partial charge in [0.25, 0.3) is 5.91 Å². The molecule has 1 amide bonds. The van der Waals surface area contributed by atoms with Gasteiger partial charge in [-0.05, 0) is 36.4 Å². The molecule has 0 radical (unpaired) electrons. The number of hydrogen-bond acceptors (Lipinski definition) is 4. The summed E-state index contributed by atoms with van der Waals surface area (Å²) in [5.74, 6) is 0.0849. The van der Waals surface area contributed by atoms with Crippen LogP contribution in [0.4, 0.5) is 5.69 Å². The van der Waals surface area contributed by atoms with Gasteiger partial charge in [-0.1, -0.05) is 35.0 Å². The van der Waals surface area contributed by atoms with Crippen LogP contribution in [-0.2, 0) is 11.8 Å². The molecule has 134 valence electrons. The number of amides is 1. The Hall–Kier alpha value is -2.15. The van der Waals surface area contributed by atoms with E-state index in [0.29, 0.717) is 21.5 Å². The molecule has 26 heavy (non-hydrogen) atoms. The van der Waals surface area contributed by atoms with E-state index >= 15 is 0 Å². The number of aryl methyl sites for hydroxylation is 1. The molecule has 5 nitrogen and oxygen atoms in total. The predicted molar refractivity (Wildman–Crippen MR) is 104 cm³/mol. The summed E-state index contributed by atoms with van der Waals surface area (Å²) in [4.78, 5) is 17.3. The van der Waals surface area contributed by atoms with Crippen molar-refractivity contribution in [3.05, 3.63) is 64.9 Å². The lowest BCUT2D eigenvalue weighted by molar-refractivity contribution is -0.118. The Labute approximate surface area is 165 Å². The summed E-state index contributed by atoms with van der Waals surface area (Å²) in [6, 6.07) is 12.3. The maximum atomic E-state index is 12.0. The zero-order valence-electron chi connectivity index (χ0n) is 13.8. The van der Waals surface area contributed by atoms with Crippen molar-refractivity contribution >= 4 is 46.6 Å². The first-order chi connectivity index (χ1) is 12.5. The van der Waals surface area contributed by atoms with Crippen LogP contribution in [0.2, 0.25) is 10.0 Å². The van der Waals surface area contributed by atoms with Crippen LogP contribution in [0.1, 0.15) is 0 Å². The van der Waals surface area contributed by atoms with Gasteiger partial charge in [-0.15, -0.1) is 0 Å². The number of nitrogens with one attached hydrogen (secondary N) is 1. The van der Waals surface area contributed by atoms with Gasteiger partial charge in [-0.2, -0.15) is 0 Å². The molecule has 0 saturated carbocycles. The number of nitrogens with zero attached hydrogens (tertiary/aromatic N) is 2. The summed E-state index contributed by atoms with van der Waals surface area (Å²) in [6.07, 6.45) is 3.65. The number of imidazole rings is 1. The Morgan fingerprint density at radius 1 is 1.23 bits per heavy atom. The second kappa shape index (κ2) is 8.49. The predicted octanol–water partition coefficient (Wildman–Crippen LogP) is 4.90. The van der Waals surface area contributed by atoms with Crippen LogP contribution in [0.5, 0.6) is 5.75 Å². The fraction of sp³-hybridized carbons (Fsp3) is 0.111. The number of benzene rings is 2. The quantitative estimate of drug-likeness (QED) is 0.631. The van der Waals surface area contributed by atoms with Crippen LogP contribution in [0.3, 0.4) is 0 Å². The topological polar surface area (TPSA) is 56.2 Å². The van der Waals surface area contributed by atoms with E-state index in [1.165, 1.54) is 0 Å². The van der Waals surface area contributed by atoms with Gasteiger partial charge in [0.2, 0.25) is 0 Å². The van der Waals surface area contributed by atoms with Gasteiger partial charge in [-0.3, -0.25) is 4.79 Å². The third-order valence-electron chi connectivity index (χ3n) is 3.38.